The van der Waals surface area contributed by atoms with Crippen LogP contribution in [0.25, 0.3) is 5.65 Å². The van der Waals surface area contributed by atoms with Crippen molar-refractivity contribution in [2.45, 2.75) is 18.9 Å². The third-order valence-electron chi connectivity index (χ3n) is 3.83. The molecule has 0 spiro atoms. The molecule has 1 N–H and O–H groups in total. The third kappa shape index (κ3) is 3.29. The fraction of sp³-hybridized carbons (Fsp3) is 0.400. The number of aromatic nitrogens is 6. The molecule has 3 aromatic heterocycles. The maximum absolute atomic E-state index is 12.1. The molecule has 10 heteroatoms. The molecule has 0 bridgehead atoms. The minimum atomic E-state index is -0.425. The molecule has 0 aliphatic carbocycles. The van der Waals surface area contributed by atoms with Crippen molar-refractivity contribution in [2.75, 3.05) is 18.5 Å². The molecule has 3 aromatic rings. The van der Waals surface area contributed by atoms with Crippen molar-refractivity contribution in [1.29, 1.82) is 0 Å². The van der Waals surface area contributed by atoms with Crippen LogP contribution in [0.5, 0.6) is 5.88 Å². The Bertz CT molecular complexity index is 898. The van der Waals surface area contributed by atoms with Crippen LogP contribution in [0.3, 0.4) is 0 Å². The van der Waals surface area contributed by atoms with Crippen molar-refractivity contribution in [2.24, 2.45) is 7.05 Å². The van der Waals surface area contributed by atoms with Crippen molar-refractivity contribution in [3.8, 4) is 5.88 Å². The first kappa shape index (κ1) is 15.5. The Balaban J connectivity index is 1.51. The van der Waals surface area contributed by atoms with E-state index in [4.69, 9.17) is 9.47 Å². The molecule has 0 aromatic carbocycles. The molecule has 1 fully saturated rings. The summed E-state index contributed by atoms with van der Waals surface area (Å²) in [5.41, 5.74) is 0.760. The number of carbonyl (C=O) groups excluding carboxylic acids is 1. The molecule has 130 valence electrons. The van der Waals surface area contributed by atoms with Gasteiger partial charge < -0.3 is 9.47 Å². The van der Waals surface area contributed by atoms with E-state index < -0.39 is 5.91 Å². The second-order valence-corrected chi connectivity index (χ2v) is 5.75. The summed E-state index contributed by atoms with van der Waals surface area (Å²) in [4.78, 5) is 16.4. The van der Waals surface area contributed by atoms with Gasteiger partial charge in [-0.25, -0.2) is 0 Å². The summed E-state index contributed by atoms with van der Waals surface area (Å²) in [7, 11) is 1.69. The molecule has 10 nitrogen and oxygen atoms in total. The van der Waals surface area contributed by atoms with Crippen LogP contribution < -0.4 is 10.1 Å². The van der Waals surface area contributed by atoms with Gasteiger partial charge in [0.15, 0.2) is 11.3 Å². The molecule has 1 saturated heterocycles. The van der Waals surface area contributed by atoms with E-state index in [2.05, 4.69) is 25.7 Å². The predicted octanol–water partition coefficient (Wildman–Crippen LogP) is 0.668. The van der Waals surface area contributed by atoms with Gasteiger partial charge in [0.05, 0.1) is 12.3 Å². The third-order valence-corrected chi connectivity index (χ3v) is 3.83. The van der Waals surface area contributed by atoms with Crippen molar-refractivity contribution in [3.63, 3.8) is 0 Å². The number of amides is 1. The van der Waals surface area contributed by atoms with Gasteiger partial charge in [-0.15, -0.1) is 10.2 Å². The number of nitrogens with one attached hydrogen (secondary N) is 1. The Hall–Kier alpha value is -3.01. The highest BCUT2D eigenvalue weighted by Crippen LogP contribution is 2.18. The zero-order valence-corrected chi connectivity index (χ0v) is 13.6. The van der Waals surface area contributed by atoms with Crippen LogP contribution in [0.2, 0.25) is 0 Å². The number of hydrogen-bond acceptors (Lipinski definition) is 7. The lowest BCUT2D eigenvalue weighted by atomic mass is 10.2. The minimum Gasteiger partial charge on any atom is -0.475 e. The molecule has 1 unspecified atom stereocenters. The lowest BCUT2D eigenvalue weighted by Gasteiger charge is -2.11. The van der Waals surface area contributed by atoms with Gasteiger partial charge in [0.1, 0.15) is 6.61 Å². The summed E-state index contributed by atoms with van der Waals surface area (Å²) < 4.78 is 14.4. The number of carbonyl (C=O) groups is 1. The number of pyridine rings is 1. The topological polar surface area (TPSA) is 108 Å². The standard InChI is InChI=1S/C15H17N7O3/c1-21-8-11(18-20-21)14(23)17-15-16-12-5-2-6-13(22(12)19-15)25-9-10-4-3-7-24-10/h2,5-6,8,10H,3-4,7,9H2,1H3,(H,17,19,23). The quantitative estimate of drug-likeness (QED) is 0.725. The SMILES string of the molecule is Cn1cc(C(=O)Nc2nc3cccc(OCC4CCCO4)n3n2)nn1. The molecule has 1 amide bonds. The second kappa shape index (κ2) is 6.48. The zero-order valence-electron chi connectivity index (χ0n) is 13.6. The van der Waals surface area contributed by atoms with Gasteiger partial charge in [0, 0.05) is 19.7 Å². The monoisotopic (exact) mass is 343 g/mol. The van der Waals surface area contributed by atoms with Crippen LogP contribution in [-0.4, -0.2) is 54.8 Å². The Labute approximate surface area is 142 Å². The fourth-order valence-corrected chi connectivity index (χ4v) is 2.61. The van der Waals surface area contributed by atoms with Crippen LogP contribution in [0, 0.1) is 0 Å². The number of fused-ring (bicyclic) bond motifs is 1. The van der Waals surface area contributed by atoms with Gasteiger partial charge in [-0.05, 0) is 18.9 Å². The number of ether oxygens (including phenoxy) is 2. The summed E-state index contributed by atoms with van der Waals surface area (Å²) in [5.74, 6) is 0.287. The van der Waals surface area contributed by atoms with Crippen LogP contribution in [0.4, 0.5) is 5.95 Å². The Morgan fingerprint density at radius 1 is 1.48 bits per heavy atom. The van der Waals surface area contributed by atoms with Gasteiger partial charge in [0.2, 0.25) is 11.8 Å². The molecule has 0 saturated carbocycles. The molecule has 4 heterocycles. The van der Waals surface area contributed by atoms with Crippen LogP contribution in [0.1, 0.15) is 23.3 Å². The van der Waals surface area contributed by atoms with Crippen molar-refractivity contribution in [1.82, 2.24) is 29.6 Å². The van der Waals surface area contributed by atoms with Gasteiger partial charge in [-0.3, -0.25) is 14.8 Å². The Kier molecular flexibility index (Phi) is 4.02. The fourth-order valence-electron chi connectivity index (χ4n) is 2.61. The van der Waals surface area contributed by atoms with E-state index in [1.807, 2.05) is 6.07 Å². The lowest BCUT2D eigenvalue weighted by molar-refractivity contribution is 0.0655. The van der Waals surface area contributed by atoms with E-state index in [9.17, 15) is 4.79 Å². The first-order valence-electron chi connectivity index (χ1n) is 7.97. The average Bonchev–Trinajstić information content (AvgIpc) is 3.32. The second-order valence-electron chi connectivity index (χ2n) is 5.75. The summed E-state index contributed by atoms with van der Waals surface area (Å²) in [6.07, 6.45) is 3.67. The molecule has 0 radical (unpaired) electrons. The van der Waals surface area contributed by atoms with Gasteiger partial charge >= 0.3 is 0 Å². The van der Waals surface area contributed by atoms with E-state index in [-0.39, 0.29) is 17.7 Å². The molecule has 1 aliphatic rings. The van der Waals surface area contributed by atoms with Gasteiger partial charge in [0.25, 0.3) is 5.91 Å². The smallest absolute Gasteiger partial charge is 0.280 e. The maximum atomic E-state index is 12.1. The zero-order chi connectivity index (χ0) is 17.2. The van der Waals surface area contributed by atoms with E-state index in [1.165, 1.54) is 10.9 Å². The average molecular weight is 343 g/mol. The van der Waals surface area contributed by atoms with Crippen molar-refractivity contribution < 1.29 is 14.3 Å². The van der Waals surface area contributed by atoms with E-state index in [0.717, 1.165) is 19.4 Å². The highest BCUT2D eigenvalue weighted by atomic mass is 16.5. The number of nitrogens with zero attached hydrogens (tertiary/aromatic N) is 6. The lowest BCUT2D eigenvalue weighted by Crippen LogP contribution is -2.17. The molecular formula is C15H17N7O3. The summed E-state index contributed by atoms with van der Waals surface area (Å²) in [6, 6.07) is 5.40. The molecular weight excluding hydrogens is 326 g/mol. The highest BCUT2D eigenvalue weighted by Gasteiger charge is 2.18. The molecule has 1 aliphatic heterocycles. The predicted molar refractivity (Wildman–Crippen MR) is 86.4 cm³/mol. The van der Waals surface area contributed by atoms with Crippen LogP contribution >= 0.6 is 0 Å². The van der Waals surface area contributed by atoms with Crippen LogP contribution in [0.15, 0.2) is 24.4 Å². The molecule has 25 heavy (non-hydrogen) atoms. The highest BCUT2D eigenvalue weighted by molar-refractivity contribution is 6.01. The van der Waals surface area contributed by atoms with Crippen LogP contribution in [-0.2, 0) is 11.8 Å². The normalized spacial score (nSPS) is 17.1. The Morgan fingerprint density at radius 3 is 3.16 bits per heavy atom. The molecule has 1 atom stereocenters. The molecule has 4 rings (SSSR count). The number of rotatable bonds is 5. The van der Waals surface area contributed by atoms with Gasteiger partial charge in [-0.2, -0.15) is 9.50 Å². The van der Waals surface area contributed by atoms with Crippen molar-refractivity contribution >= 4 is 17.5 Å². The summed E-state index contributed by atoms with van der Waals surface area (Å²) in [6.45, 7) is 1.24. The number of hydrogen-bond donors (Lipinski definition) is 1. The first-order chi connectivity index (χ1) is 12.2. The maximum Gasteiger partial charge on any atom is 0.280 e. The van der Waals surface area contributed by atoms with E-state index in [0.29, 0.717) is 18.1 Å². The summed E-state index contributed by atoms with van der Waals surface area (Å²) in [5, 5.41) is 14.4. The van der Waals surface area contributed by atoms with E-state index >= 15 is 0 Å². The van der Waals surface area contributed by atoms with Crippen molar-refractivity contribution in [3.05, 3.63) is 30.1 Å². The Morgan fingerprint density at radius 2 is 2.40 bits per heavy atom. The number of anilines is 1. The van der Waals surface area contributed by atoms with Gasteiger partial charge in [-0.1, -0.05) is 11.3 Å². The largest absolute Gasteiger partial charge is 0.475 e. The first-order valence-corrected chi connectivity index (χ1v) is 7.97. The van der Waals surface area contributed by atoms with E-state index in [1.54, 1.807) is 23.7 Å². The number of aryl methyl sites for hydroxylation is 1. The minimum absolute atomic E-state index is 0.106. The summed E-state index contributed by atoms with van der Waals surface area (Å²) >= 11 is 0.